The van der Waals surface area contributed by atoms with E-state index >= 15 is 0 Å². The fourth-order valence-corrected chi connectivity index (χ4v) is 3.71. The topological polar surface area (TPSA) is 76.1 Å². The van der Waals surface area contributed by atoms with Crippen molar-refractivity contribution in [1.82, 2.24) is 15.3 Å². The quantitative estimate of drug-likeness (QED) is 0.623. The lowest BCUT2D eigenvalue weighted by molar-refractivity contribution is -0.206. The van der Waals surface area contributed by atoms with Crippen LogP contribution in [0.4, 0.5) is 37.0 Å². The number of cyclic esters (lactones) is 1. The zero-order chi connectivity index (χ0) is 23.3. The maximum atomic E-state index is 13.7. The molecule has 170 valence electrons. The molecule has 2 N–H and O–H groups in total. The van der Waals surface area contributed by atoms with E-state index in [2.05, 4.69) is 25.3 Å². The van der Waals surface area contributed by atoms with Crippen molar-refractivity contribution >= 4 is 17.5 Å². The maximum Gasteiger partial charge on any atom is 0.430 e. The molecule has 2 aliphatic rings. The van der Waals surface area contributed by atoms with Gasteiger partial charge < -0.3 is 10.1 Å². The Hall–Kier alpha value is -3.15. The monoisotopic (exact) mass is 458 g/mol. The Morgan fingerprint density at radius 1 is 1.12 bits per heavy atom. The highest BCUT2D eigenvalue weighted by Crippen LogP contribution is 2.46. The highest BCUT2D eigenvalue weighted by Gasteiger charge is 2.49. The van der Waals surface area contributed by atoms with Gasteiger partial charge >= 0.3 is 18.4 Å². The molecular formula is C20H16F6N4O2. The number of anilines is 1. The second-order valence-corrected chi connectivity index (χ2v) is 7.42. The van der Waals surface area contributed by atoms with E-state index < -0.39 is 41.5 Å². The Kier molecular flexibility index (Phi) is 5.35. The number of nitrogens with one attached hydrogen (secondary N) is 2. The van der Waals surface area contributed by atoms with Gasteiger partial charge in [0.05, 0.1) is 22.5 Å². The lowest BCUT2D eigenvalue weighted by Crippen LogP contribution is -2.34. The van der Waals surface area contributed by atoms with Crippen LogP contribution in [0.25, 0.3) is 16.8 Å². The molecule has 0 spiro atoms. The van der Waals surface area contributed by atoms with Crippen molar-refractivity contribution in [1.29, 1.82) is 0 Å². The van der Waals surface area contributed by atoms with Crippen LogP contribution in [0.2, 0.25) is 0 Å². The molecule has 6 nitrogen and oxygen atoms in total. The molecule has 1 unspecified atom stereocenters. The van der Waals surface area contributed by atoms with Crippen molar-refractivity contribution in [2.75, 3.05) is 18.4 Å². The van der Waals surface area contributed by atoms with Crippen LogP contribution < -0.4 is 10.6 Å². The number of halogens is 6. The Morgan fingerprint density at radius 3 is 2.50 bits per heavy atom. The third-order valence-electron chi connectivity index (χ3n) is 5.17. The van der Waals surface area contributed by atoms with Crippen molar-refractivity contribution in [3.8, 4) is 11.3 Å². The molecule has 4 heterocycles. The molecule has 2 aromatic heterocycles. The van der Waals surface area contributed by atoms with Crippen LogP contribution in [0.5, 0.6) is 0 Å². The van der Waals surface area contributed by atoms with Gasteiger partial charge in [-0.25, -0.2) is 14.8 Å². The predicted octanol–water partition coefficient (Wildman–Crippen LogP) is 4.95. The number of carbonyl (C=O) groups is 1. The summed E-state index contributed by atoms with van der Waals surface area (Å²) in [7, 11) is 0. The molecule has 1 amide bonds. The number of rotatable bonds is 2. The zero-order valence-corrected chi connectivity index (χ0v) is 16.4. The van der Waals surface area contributed by atoms with Gasteiger partial charge in [-0.1, -0.05) is 13.0 Å². The molecule has 2 aliphatic heterocycles. The molecule has 2 aromatic rings. The standard InChI is InChI=1S/C20H16F6N4O2/c1-9-8-27-4-2-11(9)13-6-10(19(21,22)23)7-14(29-13)12-3-5-28-17-15(12)16(20(24,25)26)32-18(31)30-17/h2-3,5-7,9,16,27H,4,8H2,1H3,(H,28,30,31)/t9?,16-/m1/s1. The SMILES string of the molecule is CC1CNCC=C1c1cc(C(F)(F)F)cc(-c2ccnc3c2[C@H](C(F)(F)F)OC(=O)N3)n1. The second-order valence-electron chi connectivity index (χ2n) is 7.42. The highest BCUT2D eigenvalue weighted by atomic mass is 19.4. The van der Waals surface area contributed by atoms with E-state index in [0.717, 1.165) is 18.3 Å². The number of fused-ring (bicyclic) bond motifs is 1. The largest absolute Gasteiger partial charge is 0.431 e. The number of hydrogen-bond acceptors (Lipinski definition) is 5. The predicted molar refractivity (Wildman–Crippen MR) is 101 cm³/mol. The summed E-state index contributed by atoms with van der Waals surface area (Å²) in [4.78, 5) is 19.6. The van der Waals surface area contributed by atoms with Crippen LogP contribution in [-0.2, 0) is 10.9 Å². The molecule has 0 saturated carbocycles. The minimum Gasteiger partial charge on any atom is -0.431 e. The average molecular weight is 458 g/mol. The molecule has 0 aliphatic carbocycles. The first-order valence-corrected chi connectivity index (χ1v) is 9.49. The third-order valence-corrected chi connectivity index (χ3v) is 5.17. The second kappa shape index (κ2) is 7.76. The first-order valence-electron chi connectivity index (χ1n) is 9.49. The molecule has 4 rings (SSSR count). The van der Waals surface area contributed by atoms with Crippen LogP contribution >= 0.6 is 0 Å². The molecule has 0 aromatic carbocycles. The normalized spacial score (nSPS) is 21.3. The van der Waals surface area contributed by atoms with Gasteiger partial charge in [0.15, 0.2) is 0 Å². The van der Waals surface area contributed by atoms with Gasteiger partial charge in [-0.3, -0.25) is 5.32 Å². The van der Waals surface area contributed by atoms with E-state index in [1.807, 2.05) is 0 Å². The number of alkyl halides is 6. The Labute approximate surface area is 177 Å². The average Bonchev–Trinajstić information content (AvgIpc) is 2.71. The molecule has 2 atom stereocenters. The van der Waals surface area contributed by atoms with E-state index in [1.54, 1.807) is 13.0 Å². The lowest BCUT2D eigenvalue weighted by Gasteiger charge is -2.29. The highest BCUT2D eigenvalue weighted by molar-refractivity contribution is 5.89. The molecule has 0 bridgehead atoms. The summed E-state index contributed by atoms with van der Waals surface area (Å²) >= 11 is 0. The minimum absolute atomic E-state index is 0.0127. The first kappa shape index (κ1) is 22.1. The molecule has 0 saturated heterocycles. The fourth-order valence-electron chi connectivity index (χ4n) is 3.71. The number of carbonyl (C=O) groups excluding carboxylic acids is 1. The molecule has 0 fully saturated rings. The van der Waals surface area contributed by atoms with Gasteiger partial charge in [-0.2, -0.15) is 26.3 Å². The van der Waals surface area contributed by atoms with E-state index in [-0.39, 0.29) is 22.9 Å². The van der Waals surface area contributed by atoms with Crippen LogP contribution in [0, 0.1) is 5.92 Å². The summed E-state index contributed by atoms with van der Waals surface area (Å²) in [6.07, 6.45) is -11.1. The van der Waals surface area contributed by atoms with Crippen LogP contribution in [0.3, 0.4) is 0 Å². The van der Waals surface area contributed by atoms with Gasteiger partial charge in [0.25, 0.3) is 0 Å². The maximum absolute atomic E-state index is 13.7. The molecule has 0 radical (unpaired) electrons. The molecular weight excluding hydrogens is 442 g/mol. The van der Waals surface area contributed by atoms with Crippen molar-refractivity contribution in [3.63, 3.8) is 0 Å². The van der Waals surface area contributed by atoms with Crippen molar-refractivity contribution in [3.05, 3.63) is 47.3 Å². The Morgan fingerprint density at radius 2 is 1.84 bits per heavy atom. The van der Waals surface area contributed by atoms with Gasteiger partial charge in [0, 0.05) is 24.8 Å². The van der Waals surface area contributed by atoms with Crippen LogP contribution in [-0.4, -0.2) is 35.3 Å². The van der Waals surface area contributed by atoms with Gasteiger partial charge in [-0.05, 0) is 29.7 Å². The van der Waals surface area contributed by atoms with Gasteiger partial charge in [-0.15, -0.1) is 0 Å². The van der Waals surface area contributed by atoms with E-state index in [1.165, 1.54) is 0 Å². The summed E-state index contributed by atoms with van der Waals surface area (Å²) in [5.74, 6) is -0.610. The van der Waals surface area contributed by atoms with Crippen LogP contribution in [0.1, 0.15) is 29.8 Å². The summed E-state index contributed by atoms with van der Waals surface area (Å²) in [6.45, 7) is 2.74. The zero-order valence-electron chi connectivity index (χ0n) is 16.4. The number of amides is 1. The first-order chi connectivity index (χ1) is 14.9. The van der Waals surface area contributed by atoms with E-state index in [9.17, 15) is 31.1 Å². The number of nitrogens with zero attached hydrogens (tertiary/aromatic N) is 2. The van der Waals surface area contributed by atoms with Crippen molar-refractivity contribution in [2.45, 2.75) is 25.4 Å². The van der Waals surface area contributed by atoms with Gasteiger partial charge in [0.1, 0.15) is 5.82 Å². The van der Waals surface area contributed by atoms with Gasteiger partial charge in [0.2, 0.25) is 6.10 Å². The number of hydrogen-bond donors (Lipinski definition) is 2. The molecule has 12 heteroatoms. The number of aromatic nitrogens is 2. The fraction of sp³-hybridized carbons (Fsp3) is 0.350. The van der Waals surface area contributed by atoms with Crippen molar-refractivity contribution < 1.29 is 35.9 Å². The van der Waals surface area contributed by atoms with Crippen molar-refractivity contribution in [2.24, 2.45) is 5.92 Å². The third kappa shape index (κ3) is 4.14. The summed E-state index contributed by atoms with van der Waals surface area (Å²) in [6, 6.07) is 2.67. The Bertz CT molecular complexity index is 1100. The van der Waals surface area contributed by atoms with E-state index in [4.69, 9.17) is 0 Å². The molecule has 32 heavy (non-hydrogen) atoms. The lowest BCUT2D eigenvalue weighted by atomic mass is 9.92. The Balaban J connectivity index is 1.95. The minimum atomic E-state index is -5.01. The summed E-state index contributed by atoms with van der Waals surface area (Å²) in [5.41, 5.74) is -1.71. The number of pyridine rings is 2. The summed E-state index contributed by atoms with van der Waals surface area (Å²) in [5, 5.41) is 5.14. The van der Waals surface area contributed by atoms with E-state index in [0.29, 0.717) is 24.7 Å². The summed E-state index contributed by atoms with van der Waals surface area (Å²) < 4.78 is 86.3. The number of ether oxygens (including phenoxy) is 1. The smallest absolute Gasteiger partial charge is 0.430 e. The van der Waals surface area contributed by atoms with Crippen LogP contribution in [0.15, 0.2) is 30.5 Å².